The molecule has 2 nitrogen and oxygen atoms in total. The van der Waals surface area contributed by atoms with Gasteiger partial charge in [-0.2, -0.15) is 11.8 Å². The van der Waals surface area contributed by atoms with Crippen LogP contribution in [0.1, 0.15) is 47.5 Å². The minimum absolute atomic E-state index is 0.285. The lowest BCUT2D eigenvalue weighted by Gasteiger charge is -2.38. The summed E-state index contributed by atoms with van der Waals surface area (Å²) in [7, 11) is 1.90. The summed E-state index contributed by atoms with van der Waals surface area (Å²) in [6.07, 6.45) is 4.00. The molecule has 0 saturated carbocycles. The average Bonchev–Trinajstić information content (AvgIpc) is 2.44. The van der Waals surface area contributed by atoms with Gasteiger partial charge in [0.15, 0.2) is 0 Å². The normalized spacial score (nSPS) is 28.0. The van der Waals surface area contributed by atoms with Gasteiger partial charge in [0, 0.05) is 18.7 Å². The van der Waals surface area contributed by atoms with Gasteiger partial charge >= 0.3 is 0 Å². The zero-order chi connectivity index (χ0) is 16.0. The third-order valence-corrected chi connectivity index (χ3v) is 6.21. The van der Waals surface area contributed by atoms with E-state index in [4.69, 9.17) is 0 Å². The van der Waals surface area contributed by atoms with Gasteiger partial charge in [0.1, 0.15) is 0 Å². The lowest BCUT2D eigenvalue weighted by molar-refractivity contribution is 0.0823. The molecule has 1 rings (SSSR count). The second-order valence-electron chi connectivity index (χ2n) is 6.59. The SMILES string of the molecule is CCSCC(C)C(C(C)=NC)C(C)C1CCC(C)=CC1O. The Hall–Kier alpha value is -0.280. The molecular formula is C18H33NOS. The second-order valence-corrected chi connectivity index (χ2v) is 7.91. The number of thioether (sulfide) groups is 1. The van der Waals surface area contributed by atoms with Crippen molar-refractivity contribution in [2.45, 2.75) is 53.6 Å². The van der Waals surface area contributed by atoms with Crippen molar-refractivity contribution < 1.29 is 5.11 Å². The molecule has 5 atom stereocenters. The zero-order valence-corrected chi connectivity index (χ0v) is 15.4. The third kappa shape index (κ3) is 5.14. The summed E-state index contributed by atoms with van der Waals surface area (Å²) in [5.74, 6) is 4.26. The molecule has 3 heteroatoms. The topological polar surface area (TPSA) is 32.6 Å². The number of nitrogens with zero attached hydrogens (tertiary/aromatic N) is 1. The maximum atomic E-state index is 10.4. The van der Waals surface area contributed by atoms with Gasteiger partial charge in [0.25, 0.3) is 0 Å². The number of hydrogen-bond acceptors (Lipinski definition) is 3. The van der Waals surface area contributed by atoms with Gasteiger partial charge in [-0.3, -0.25) is 4.99 Å². The van der Waals surface area contributed by atoms with Crippen molar-refractivity contribution in [1.82, 2.24) is 0 Å². The number of rotatable bonds is 7. The highest BCUT2D eigenvalue weighted by molar-refractivity contribution is 7.99. The average molecular weight is 312 g/mol. The lowest BCUT2D eigenvalue weighted by atomic mass is 9.69. The van der Waals surface area contributed by atoms with Gasteiger partial charge in [-0.25, -0.2) is 0 Å². The van der Waals surface area contributed by atoms with Crippen molar-refractivity contribution in [3.8, 4) is 0 Å². The smallest absolute Gasteiger partial charge is 0.0754 e. The first kappa shape index (κ1) is 18.8. The van der Waals surface area contributed by atoms with Crippen LogP contribution in [0.4, 0.5) is 0 Å². The molecule has 0 aromatic rings. The minimum atomic E-state index is -0.285. The summed E-state index contributed by atoms with van der Waals surface area (Å²) in [6.45, 7) is 11.2. The molecule has 122 valence electrons. The zero-order valence-electron chi connectivity index (χ0n) is 14.6. The molecule has 0 amide bonds. The van der Waals surface area contributed by atoms with E-state index in [0.29, 0.717) is 23.7 Å². The summed E-state index contributed by atoms with van der Waals surface area (Å²) in [4.78, 5) is 4.48. The largest absolute Gasteiger partial charge is 0.389 e. The van der Waals surface area contributed by atoms with Crippen molar-refractivity contribution in [1.29, 1.82) is 0 Å². The van der Waals surface area contributed by atoms with E-state index in [-0.39, 0.29) is 6.10 Å². The number of aliphatic hydroxyl groups excluding tert-OH is 1. The van der Waals surface area contributed by atoms with Gasteiger partial charge in [0.2, 0.25) is 0 Å². The number of aliphatic imine (C=N–C) groups is 1. The van der Waals surface area contributed by atoms with E-state index in [2.05, 4.69) is 45.7 Å². The van der Waals surface area contributed by atoms with Gasteiger partial charge in [-0.05, 0) is 55.9 Å². The Morgan fingerprint density at radius 2 is 2.14 bits per heavy atom. The van der Waals surface area contributed by atoms with Gasteiger partial charge in [0.05, 0.1) is 6.10 Å². The van der Waals surface area contributed by atoms with Crippen LogP contribution in [0.15, 0.2) is 16.6 Å². The van der Waals surface area contributed by atoms with Crippen LogP contribution in [-0.2, 0) is 0 Å². The number of hydrogen-bond donors (Lipinski definition) is 1. The first-order valence-corrected chi connectivity index (χ1v) is 9.44. The fourth-order valence-electron chi connectivity index (χ4n) is 3.77. The van der Waals surface area contributed by atoms with Crippen molar-refractivity contribution >= 4 is 17.5 Å². The maximum absolute atomic E-state index is 10.4. The maximum Gasteiger partial charge on any atom is 0.0754 e. The van der Waals surface area contributed by atoms with Gasteiger partial charge in [-0.1, -0.05) is 32.4 Å². The molecular weight excluding hydrogens is 278 g/mol. The summed E-state index contributed by atoms with van der Waals surface area (Å²) >= 11 is 2.01. The highest BCUT2D eigenvalue weighted by Gasteiger charge is 2.35. The molecule has 0 radical (unpaired) electrons. The fourth-order valence-corrected chi connectivity index (χ4v) is 4.59. The summed E-state index contributed by atoms with van der Waals surface area (Å²) in [5.41, 5.74) is 2.57. The van der Waals surface area contributed by atoms with Crippen molar-refractivity contribution in [2.75, 3.05) is 18.6 Å². The van der Waals surface area contributed by atoms with Gasteiger partial charge < -0.3 is 5.11 Å². The van der Waals surface area contributed by atoms with Crippen LogP contribution in [0, 0.1) is 23.7 Å². The molecule has 1 aliphatic carbocycles. The second kappa shape index (κ2) is 8.99. The van der Waals surface area contributed by atoms with Crippen molar-refractivity contribution in [3.63, 3.8) is 0 Å². The van der Waals surface area contributed by atoms with E-state index < -0.39 is 0 Å². The van der Waals surface area contributed by atoms with Crippen LogP contribution in [0.25, 0.3) is 0 Å². The van der Waals surface area contributed by atoms with E-state index in [1.807, 2.05) is 18.8 Å². The van der Waals surface area contributed by atoms with E-state index in [1.54, 1.807) is 0 Å². The summed E-state index contributed by atoms with van der Waals surface area (Å²) < 4.78 is 0. The van der Waals surface area contributed by atoms with E-state index in [1.165, 1.54) is 22.8 Å². The highest BCUT2D eigenvalue weighted by atomic mass is 32.2. The number of aliphatic hydroxyl groups is 1. The van der Waals surface area contributed by atoms with Crippen molar-refractivity contribution in [3.05, 3.63) is 11.6 Å². The molecule has 0 aromatic heterocycles. The predicted molar refractivity (Wildman–Crippen MR) is 96.3 cm³/mol. The first-order valence-electron chi connectivity index (χ1n) is 8.28. The minimum Gasteiger partial charge on any atom is -0.389 e. The molecule has 0 aliphatic heterocycles. The molecule has 1 aliphatic rings. The third-order valence-electron chi connectivity index (χ3n) is 5.04. The van der Waals surface area contributed by atoms with E-state index >= 15 is 0 Å². The van der Waals surface area contributed by atoms with Crippen LogP contribution < -0.4 is 0 Å². The Morgan fingerprint density at radius 3 is 2.67 bits per heavy atom. The molecule has 0 saturated heterocycles. The first-order chi connectivity index (χ1) is 9.92. The van der Waals surface area contributed by atoms with Crippen LogP contribution in [0.3, 0.4) is 0 Å². The Labute approximate surface area is 135 Å². The predicted octanol–water partition coefficient (Wildman–Crippen LogP) is 4.44. The Balaban J connectivity index is 2.87. The molecule has 5 unspecified atom stereocenters. The Kier molecular flexibility index (Phi) is 8.04. The van der Waals surface area contributed by atoms with Crippen LogP contribution >= 0.6 is 11.8 Å². The molecule has 0 fully saturated rings. The van der Waals surface area contributed by atoms with Crippen LogP contribution in [0.2, 0.25) is 0 Å². The Morgan fingerprint density at radius 1 is 1.48 bits per heavy atom. The van der Waals surface area contributed by atoms with Crippen LogP contribution in [-0.4, -0.2) is 35.5 Å². The van der Waals surface area contributed by atoms with E-state index in [0.717, 1.165) is 12.8 Å². The fraction of sp³-hybridized carbons (Fsp3) is 0.833. The van der Waals surface area contributed by atoms with Crippen LogP contribution in [0.5, 0.6) is 0 Å². The molecule has 0 bridgehead atoms. The quantitative estimate of drug-likeness (QED) is 0.557. The molecule has 0 aromatic carbocycles. The van der Waals surface area contributed by atoms with Gasteiger partial charge in [-0.15, -0.1) is 0 Å². The highest BCUT2D eigenvalue weighted by Crippen LogP contribution is 2.37. The summed E-state index contributed by atoms with van der Waals surface area (Å²) in [6, 6.07) is 0. The standard InChI is InChI=1S/C18H33NOS/c1-7-21-11-13(3)18(15(5)19-6)14(4)16-9-8-12(2)10-17(16)20/h10,13-14,16-18,20H,7-9,11H2,1-6H3. The van der Waals surface area contributed by atoms with Crippen molar-refractivity contribution in [2.24, 2.45) is 28.7 Å². The molecule has 0 spiro atoms. The molecule has 0 heterocycles. The summed E-state index contributed by atoms with van der Waals surface area (Å²) in [5, 5.41) is 10.4. The number of allylic oxidation sites excluding steroid dienone is 1. The molecule has 1 N–H and O–H groups in total. The van der Waals surface area contributed by atoms with E-state index in [9.17, 15) is 5.11 Å². The lowest BCUT2D eigenvalue weighted by Crippen LogP contribution is -2.38. The molecule has 21 heavy (non-hydrogen) atoms. The monoisotopic (exact) mass is 311 g/mol. The Bertz CT molecular complexity index is 377.